The first-order chi connectivity index (χ1) is 5.18. The molecule has 0 radical (unpaired) electrons. The van der Waals surface area contributed by atoms with Crippen LogP contribution in [0.2, 0.25) is 0 Å². The summed E-state index contributed by atoms with van der Waals surface area (Å²) >= 11 is 0. The lowest BCUT2D eigenvalue weighted by atomic mass is 9.79. The van der Waals surface area contributed by atoms with Crippen molar-refractivity contribution in [2.24, 2.45) is 5.41 Å². The zero-order valence-electron chi connectivity index (χ0n) is 8.32. The Hall–Kier alpha value is 0.430. The standard InChI is InChI=1S/C10H23P/c1-4-7-10(3,5-2)8-6-9-11/h4-9,11H2,1-3H3. The number of hydrogen-bond acceptors (Lipinski definition) is 0. The molecule has 1 heteroatoms. The van der Waals surface area contributed by atoms with Crippen molar-refractivity contribution >= 4 is 9.24 Å². The lowest BCUT2D eigenvalue weighted by molar-refractivity contribution is 0.256. The van der Waals surface area contributed by atoms with Gasteiger partial charge in [0.05, 0.1) is 0 Å². The molecule has 0 N–H and O–H groups in total. The van der Waals surface area contributed by atoms with Crippen molar-refractivity contribution in [1.82, 2.24) is 0 Å². The van der Waals surface area contributed by atoms with Crippen molar-refractivity contribution in [1.29, 1.82) is 0 Å². The summed E-state index contributed by atoms with van der Waals surface area (Å²) in [7, 11) is 2.81. The smallest absolute Gasteiger partial charge is 0.0328 e. The number of hydrogen-bond donors (Lipinski definition) is 0. The van der Waals surface area contributed by atoms with Crippen LogP contribution in [0.4, 0.5) is 0 Å². The van der Waals surface area contributed by atoms with E-state index in [9.17, 15) is 0 Å². The molecule has 0 amide bonds. The maximum absolute atomic E-state index is 2.81. The molecule has 0 fully saturated rings. The van der Waals surface area contributed by atoms with Gasteiger partial charge in [-0.15, -0.1) is 9.24 Å². The first kappa shape index (κ1) is 11.4. The Balaban J connectivity index is 3.68. The molecule has 0 aliphatic carbocycles. The third-order valence-corrected chi connectivity index (χ3v) is 3.10. The van der Waals surface area contributed by atoms with E-state index in [1.165, 1.54) is 38.3 Å². The third-order valence-electron chi connectivity index (χ3n) is 2.69. The molecule has 11 heavy (non-hydrogen) atoms. The van der Waals surface area contributed by atoms with Crippen LogP contribution < -0.4 is 0 Å². The van der Waals surface area contributed by atoms with E-state index < -0.39 is 0 Å². The Bertz CT molecular complexity index is 90.9. The van der Waals surface area contributed by atoms with Gasteiger partial charge in [0.25, 0.3) is 0 Å². The molecule has 2 unspecified atom stereocenters. The van der Waals surface area contributed by atoms with E-state index in [-0.39, 0.29) is 0 Å². The third kappa shape index (κ3) is 4.80. The van der Waals surface area contributed by atoms with Gasteiger partial charge in [-0.3, -0.25) is 0 Å². The highest BCUT2D eigenvalue weighted by Gasteiger charge is 2.19. The molecule has 68 valence electrons. The van der Waals surface area contributed by atoms with Gasteiger partial charge in [-0.2, -0.15) is 0 Å². The van der Waals surface area contributed by atoms with Gasteiger partial charge in [0.15, 0.2) is 0 Å². The molecule has 2 atom stereocenters. The summed E-state index contributed by atoms with van der Waals surface area (Å²) in [5.74, 6) is 0. The van der Waals surface area contributed by atoms with Crippen molar-refractivity contribution in [3.63, 3.8) is 0 Å². The Morgan fingerprint density at radius 1 is 1.18 bits per heavy atom. The maximum Gasteiger partial charge on any atom is -0.0328 e. The van der Waals surface area contributed by atoms with Crippen LogP contribution in [0.25, 0.3) is 0 Å². The van der Waals surface area contributed by atoms with Crippen LogP contribution in [-0.4, -0.2) is 6.16 Å². The second-order valence-corrected chi connectivity index (χ2v) is 4.38. The normalized spacial score (nSPS) is 16.4. The summed E-state index contributed by atoms with van der Waals surface area (Å²) in [6.07, 6.45) is 8.11. The van der Waals surface area contributed by atoms with Gasteiger partial charge in [0, 0.05) is 0 Å². The first-order valence-electron chi connectivity index (χ1n) is 4.88. The fraction of sp³-hybridized carbons (Fsp3) is 1.00. The summed E-state index contributed by atoms with van der Waals surface area (Å²) in [5.41, 5.74) is 0.630. The van der Waals surface area contributed by atoms with Crippen LogP contribution in [0.5, 0.6) is 0 Å². The van der Waals surface area contributed by atoms with Crippen molar-refractivity contribution in [2.75, 3.05) is 6.16 Å². The molecule has 0 saturated heterocycles. The molecule has 0 rings (SSSR count). The summed E-state index contributed by atoms with van der Waals surface area (Å²) in [6.45, 7) is 7.03. The van der Waals surface area contributed by atoms with Gasteiger partial charge in [0.2, 0.25) is 0 Å². The fourth-order valence-corrected chi connectivity index (χ4v) is 1.82. The van der Waals surface area contributed by atoms with Gasteiger partial charge >= 0.3 is 0 Å². The molecule has 0 aliphatic rings. The second kappa shape index (κ2) is 6.00. The van der Waals surface area contributed by atoms with Crippen LogP contribution in [0.15, 0.2) is 0 Å². The van der Waals surface area contributed by atoms with Crippen LogP contribution in [0.1, 0.15) is 52.9 Å². The predicted octanol–water partition coefficient (Wildman–Crippen LogP) is 3.86. The van der Waals surface area contributed by atoms with E-state index in [4.69, 9.17) is 0 Å². The van der Waals surface area contributed by atoms with Crippen molar-refractivity contribution < 1.29 is 0 Å². The Labute approximate surface area is 74.4 Å². The summed E-state index contributed by atoms with van der Waals surface area (Å²) in [6, 6.07) is 0. The molecule has 0 bridgehead atoms. The molecule has 0 saturated carbocycles. The zero-order chi connectivity index (χ0) is 8.74. The Morgan fingerprint density at radius 2 is 1.82 bits per heavy atom. The molecular formula is C10H23P. The van der Waals surface area contributed by atoms with Gasteiger partial charge in [-0.25, -0.2) is 0 Å². The van der Waals surface area contributed by atoms with E-state index in [2.05, 4.69) is 30.0 Å². The van der Waals surface area contributed by atoms with Gasteiger partial charge in [0.1, 0.15) is 0 Å². The lowest BCUT2D eigenvalue weighted by Gasteiger charge is -2.27. The Morgan fingerprint density at radius 3 is 2.18 bits per heavy atom. The zero-order valence-corrected chi connectivity index (χ0v) is 9.47. The molecule has 0 aliphatic heterocycles. The SMILES string of the molecule is CCCC(C)(CC)CCCP. The van der Waals surface area contributed by atoms with Crippen molar-refractivity contribution in [3.05, 3.63) is 0 Å². The van der Waals surface area contributed by atoms with E-state index in [1.54, 1.807) is 0 Å². The van der Waals surface area contributed by atoms with E-state index >= 15 is 0 Å². The first-order valence-corrected chi connectivity index (χ1v) is 5.70. The average Bonchev–Trinajstić information content (AvgIpc) is 2.02. The molecular weight excluding hydrogens is 151 g/mol. The monoisotopic (exact) mass is 174 g/mol. The summed E-state index contributed by atoms with van der Waals surface area (Å²) < 4.78 is 0. The quantitative estimate of drug-likeness (QED) is 0.536. The summed E-state index contributed by atoms with van der Waals surface area (Å²) in [5, 5.41) is 0. The summed E-state index contributed by atoms with van der Waals surface area (Å²) in [4.78, 5) is 0. The van der Waals surface area contributed by atoms with E-state index in [0.29, 0.717) is 5.41 Å². The predicted molar refractivity (Wildman–Crippen MR) is 57.1 cm³/mol. The molecule has 0 spiro atoms. The highest BCUT2D eigenvalue weighted by Crippen LogP contribution is 2.32. The van der Waals surface area contributed by atoms with Crippen LogP contribution in [0.3, 0.4) is 0 Å². The minimum Gasteiger partial charge on any atom is -0.138 e. The lowest BCUT2D eigenvalue weighted by Crippen LogP contribution is -2.14. The maximum atomic E-state index is 2.81. The highest BCUT2D eigenvalue weighted by molar-refractivity contribution is 7.16. The van der Waals surface area contributed by atoms with Crippen LogP contribution in [0, 0.1) is 5.41 Å². The molecule has 0 aromatic heterocycles. The molecule has 0 aromatic carbocycles. The van der Waals surface area contributed by atoms with E-state index in [1.807, 2.05) is 0 Å². The molecule has 0 nitrogen and oxygen atoms in total. The largest absolute Gasteiger partial charge is 0.138 e. The Kier molecular flexibility index (Phi) is 6.24. The van der Waals surface area contributed by atoms with Gasteiger partial charge < -0.3 is 0 Å². The highest BCUT2D eigenvalue weighted by atomic mass is 31.0. The topological polar surface area (TPSA) is 0 Å². The van der Waals surface area contributed by atoms with Crippen molar-refractivity contribution in [2.45, 2.75) is 52.9 Å². The van der Waals surface area contributed by atoms with Crippen molar-refractivity contribution in [3.8, 4) is 0 Å². The molecule has 0 aromatic rings. The minimum absolute atomic E-state index is 0.630. The fourth-order valence-electron chi connectivity index (χ4n) is 1.61. The molecule has 0 heterocycles. The number of rotatable bonds is 6. The minimum atomic E-state index is 0.630. The van der Waals surface area contributed by atoms with Gasteiger partial charge in [-0.05, 0) is 30.8 Å². The van der Waals surface area contributed by atoms with Crippen LogP contribution in [-0.2, 0) is 0 Å². The van der Waals surface area contributed by atoms with Gasteiger partial charge in [-0.1, -0.05) is 33.6 Å². The average molecular weight is 174 g/mol. The van der Waals surface area contributed by atoms with Crippen LogP contribution >= 0.6 is 9.24 Å². The van der Waals surface area contributed by atoms with E-state index in [0.717, 1.165) is 0 Å². The second-order valence-electron chi connectivity index (χ2n) is 3.81.